The van der Waals surface area contributed by atoms with Crippen LogP contribution in [0.2, 0.25) is 0 Å². The van der Waals surface area contributed by atoms with Crippen molar-refractivity contribution in [1.29, 1.82) is 0 Å². The third-order valence-electron chi connectivity index (χ3n) is 3.37. The number of hydrogen-bond acceptors (Lipinski definition) is 2. The smallest absolute Gasteiger partial charge is 0.223 e. The zero-order valence-corrected chi connectivity index (χ0v) is 10.4. The quantitative estimate of drug-likeness (QED) is 0.717. The van der Waals surface area contributed by atoms with E-state index in [1.807, 2.05) is 0 Å². The van der Waals surface area contributed by atoms with Crippen molar-refractivity contribution in [2.45, 2.75) is 45.6 Å². The molecule has 1 saturated carbocycles. The van der Waals surface area contributed by atoms with Crippen LogP contribution in [-0.4, -0.2) is 36.6 Å². The molecule has 1 aliphatic carbocycles. The number of rotatable bonds is 5. The minimum atomic E-state index is 0.351. The SMILES string of the molecule is CC(C)CC(=O)N(C[C@@H]1CCOC1)C1CC1. The highest BCUT2D eigenvalue weighted by molar-refractivity contribution is 5.77. The molecule has 3 nitrogen and oxygen atoms in total. The van der Waals surface area contributed by atoms with Gasteiger partial charge in [-0.05, 0) is 25.2 Å². The summed E-state index contributed by atoms with van der Waals surface area (Å²) in [6, 6.07) is 0.548. The third kappa shape index (κ3) is 3.21. The van der Waals surface area contributed by atoms with E-state index in [1.54, 1.807) is 0 Å². The maximum absolute atomic E-state index is 12.1. The van der Waals surface area contributed by atoms with Crippen LogP contribution >= 0.6 is 0 Å². The first kappa shape index (κ1) is 11.9. The lowest BCUT2D eigenvalue weighted by Crippen LogP contribution is -2.37. The van der Waals surface area contributed by atoms with E-state index in [4.69, 9.17) is 4.74 Å². The van der Waals surface area contributed by atoms with Gasteiger partial charge in [-0.3, -0.25) is 4.79 Å². The minimum Gasteiger partial charge on any atom is -0.381 e. The molecule has 2 aliphatic rings. The minimum absolute atomic E-state index is 0.351. The molecule has 1 heterocycles. The average molecular weight is 225 g/mol. The molecule has 0 bridgehead atoms. The van der Waals surface area contributed by atoms with Crippen molar-refractivity contribution in [3.8, 4) is 0 Å². The second-order valence-electron chi connectivity index (χ2n) is 5.60. The Bertz CT molecular complexity index is 242. The van der Waals surface area contributed by atoms with Crippen LogP contribution in [0.3, 0.4) is 0 Å². The van der Waals surface area contributed by atoms with Gasteiger partial charge in [0.05, 0.1) is 6.61 Å². The summed E-state index contributed by atoms with van der Waals surface area (Å²) in [4.78, 5) is 14.2. The van der Waals surface area contributed by atoms with Gasteiger partial charge in [-0.15, -0.1) is 0 Å². The molecule has 0 aromatic heterocycles. The maximum atomic E-state index is 12.1. The average Bonchev–Trinajstić information content (AvgIpc) is 2.91. The summed E-state index contributed by atoms with van der Waals surface area (Å²) in [5.41, 5.74) is 0. The van der Waals surface area contributed by atoms with E-state index >= 15 is 0 Å². The van der Waals surface area contributed by atoms with Crippen LogP contribution in [0.25, 0.3) is 0 Å². The lowest BCUT2D eigenvalue weighted by Gasteiger charge is -2.26. The highest BCUT2D eigenvalue weighted by atomic mass is 16.5. The summed E-state index contributed by atoms with van der Waals surface area (Å²) in [6.07, 6.45) is 4.23. The number of carbonyl (C=O) groups is 1. The van der Waals surface area contributed by atoms with E-state index < -0.39 is 0 Å². The van der Waals surface area contributed by atoms with Gasteiger partial charge in [0.2, 0.25) is 5.91 Å². The Morgan fingerprint density at radius 1 is 1.38 bits per heavy atom. The van der Waals surface area contributed by atoms with E-state index in [-0.39, 0.29) is 0 Å². The van der Waals surface area contributed by atoms with Crippen LogP contribution in [0.4, 0.5) is 0 Å². The van der Waals surface area contributed by atoms with E-state index in [9.17, 15) is 4.79 Å². The van der Waals surface area contributed by atoms with Gasteiger partial charge in [-0.1, -0.05) is 13.8 Å². The molecular formula is C13H23NO2. The van der Waals surface area contributed by atoms with Crippen LogP contribution in [0.5, 0.6) is 0 Å². The van der Waals surface area contributed by atoms with Crippen molar-refractivity contribution < 1.29 is 9.53 Å². The molecule has 1 amide bonds. The first-order chi connectivity index (χ1) is 7.66. The molecule has 1 aliphatic heterocycles. The third-order valence-corrected chi connectivity index (χ3v) is 3.37. The molecule has 3 heteroatoms. The lowest BCUT2D eigenvalue weighted by molar-refractivity contribution is -0.133. The predicted molar refractivity (Wildman–Crippen MR) is 63.1 cm³/mol. The van der Waals surface area contributed by atoms with Gasteiger partial charge < -0.3 is 9.64 Å². The van der Waals surface area contributed by atoms with Gasteiger partial charge in [-0.2, -0.15) is 0 Å². The molecule has 2 fully saturated rings. The first-order valence-electron chi connectivity index (χ1n) is 6.54. The van der Waals surface area contributed by atoms with Crippen LogP contribution in [-0.2, 0) is 9.53 Å². The van der Waals surface area contributed by atoms with E-state index in [1.165, 1.54) is 12.8 Å². The van der Waals surface area contributed by atoms with Crippen LogP contribution < -0.4 is 0 Å². The molecule has 92 valence electrons. The molecule has 0 aromatic carbocycles. The number of carbonyl (C=O) groups excluding carboxylic acids is 1. The molecule has 0 unspecified atom stereocenters. The number of nitrogens with zero attached hydrogens (tertiary/aromatic N) is 1. The Kier molecular flexibility index (Phi) is 3.85. The second-order valence-corrected chi connectivity index (χ2v) is 5.60. The number of ether oxygens (including phenoxy) is 1. The largest absolute Gasteiger partial charge is 0.381 e. The van der Waals surface area contributed by atoms with Crippen molar-refractivity contribution in [2.75, 3.05) is 19.8 Å². The molecule has 2 rings (SSSR count). The molecule has 0 N–H and O–H groups in total. The van der Waals surface area contributed by atoms with E-state index in [0.29, 0.717) is 30.2 Å². The summed E-state index contributed by atoms with van der Waals surface area (Å²) in [5, 5.41) is 0. The number of amides is 1. The van der Waals surface area contributed by atoms with Crippen molar-refractivity contribution >= 4 is 5.91 Å². The van der Waals surface area contributed by atoms with Gasteiger partial charge in [0.25, 0.3) is 0 Å². The lowest BCUT2D eigenvalue weighted by atomic mass is 10.1. The van der Waals surface area contributed by atoms with Crippen LogP contribution in [0.1, 0.15) is 39.5 Å². The summed E-state index contributed by atoms with van der Waals surface area (Å²) >= 11 is 0. The Morgan fingerprint density at radius 2 is 2.12 bits per heavy atom. The van der Waals surface area contributed by atoms with E-state index in [2.05, 4.69) is 18.7 Å². The molecule has 0 spiro atoms. The molecule has 0 aromatic rings. The van der Waals surface area contributed by atoms with Gasteiger partial charge >= 0.3 is 0 Å². The Labute approximate surface area is 98.1 Å². The Morgan fingerprint density at radius 3 is 2.62 bits per heavy atom. The highest BCUT2D eigenvalue weighted by Gasteiger charge is 2.34. The molecule has 1 saturated heterocycles. The van der Waals surface area contributed by atoms with Crippen molar-refractivity contribution in [3.63, 3.8) is 0 Å². The zero-order chi connectivity index (χ0) is 11.5. The topological polar surface area (TPSA) is 29.5 Å². The summed E-state index contributed by atoms with van der Waals surface area (Å²) < 4.78 is 5.38. The van der Waals surface area contributed by atoms with E-state index in [0.717, 1.165) is 26.2 Å². The Hall–Kier alpha value is -0.570. The summed E-state index contributed by atoms with van der Waals surface area (Å²) in [5.74, 6) is 1.40. The Balaban J connectivity index is 1.86. The molecule has 0 radical (unpaired) electrons. The van der Waals surface area contributed by atoms with Crippen LogP contribution in [0.15, 0.2) is 0 Å². The van der Waals surface area contributed by atoms with Crippen molar-refractivity contribution in [3.05, 3.63) is 0 Å². The molecular weight excluding hydrogens is 202 g/mol. The van der Waals surface area contributed by atoms with Crippen molar-refractivity contribution in [2.24, 2.45) is 11.8 Å². The fraction of sp³-hybridized carbons (Fsp3) is 0.923. The predicted octanol–water partition coefficient (Wildman–Crippen LogP) is 2.06. The summed E-state index contributed by atoms with van der Waals surface area (Å²) in [6.45, 7) is 6.87. The maximum Gasteiger partial charge on any atom is 0.223 e. The fourth-order valence-electron chi connectivity index (χ4n) is 2.31. The van der Waals surface area contributed by atoms with Gasteiger partial charge in [0.1, 0.15) is 0 Å². The molecule has 16 heavy (non-hydrogen) atoms. The summed E-state index contributed by atoms with van der Waals surface area (Å²) in [7, 11) is 0. The normalized spacial score (nSPS) is 25.1. The van der Waals surface area contributed by atoms with Gasteiger partial charge in [-0.25, -0.2) is 0 Å². The number of hydrogen-bond donors (Lipinski definition) is 0. The second kappa shape index (κ2) is 5.17. The van der Waals surface area contributed by atoms with Gasteiger partial charge in [0, 0.05) is 31.5 Å². The zero-order valence-electron chi connectivity index (χ0n) is 10.4. The standard InChI is InChI=1S/C13H23NO2/c1-10(2)7-13(15)14(12-3-4-12)8-11-5-6-16-9-11/h10-12H,3-9H2,1-2H3/t11-/m0/s1. The highest BCUT2D eigenvalue weighted by Crippen LogP contribution is 2.30. The van der Waals surface area contributed by atoms with Gasteiger partial charge in [0.15, 0.2) is 0 Å². The van der Waals surface area contributed by atoms with Crippen molar-refractivity contribution in [1.82, 2.24) is 4.90 Å². The monoisotopic (exact) mass is 225 g/mol. The molecule has 1 atom stereocenters. The van der Waals surface area contributed by atoms with Crippen LogP contribution in [0, 0.1) is 11.8 Å². The fourth-order valence-corrected chi connectivity index (χ4v) is 2.31. The first-order valence-corrected chi connectivity index (χ1v) is 6.54.